The predicted octanol–water partition coefficient (Wildman–Crippen LogP) is 4.97. The lowest BCUT2D eigenvalue weighted by Crippen LogP contribution is -2.31. The smallest absolute Gasteiger partial charge is 0.241 e. The topological polar surface area (TPSA) is 63.2 Å². The zero-order valence-electron chi connectivity index (χ0n) is 17.6. The van der Waals surface area contributed by atoms with Gasteiger partial charge in [-0.2, -0.15) is 4.72 Å². The summed E-state index contributed by atoms with van der Waals surface area (Å²) < 4.78 is 42.0. The van der Waals surface area contributed by atoms with Crippen molar-refractivity contribution in [3.63, 3.8) is 0 Å². The Hall–Kier alpha value is -2.28. The summed E-state index contributed by atoms with van der Waals surface area (Å²) in [5.74, 6) is 0. The van der Waals surface area contributed by atoms with Gasteiger partial charge in [-0.3, -0.25) is 4.21 Å². The largest absolute Gasteiger partial charge is 0.254 e. The predicted molar refractivity (Wildman–Crippen MR) is 122 cm³/mol. The first-order valence-corrected chi connectivity index (χ1v) is 12.4. The van der Waals surface area contributed by atoms with Crippen molar-refractivity contribution < 1.29 is 12.6 Å². The fourth-order valence-corrected chi connectivity index (χ4v) is 5.58. The van der Waals surface area contributed by atoms with E-state index in [0.29, 0.717) is 10.5 Å². The molecule has 0 saturated heterocycles. The van der Waals surface area contributed by atoms with E-state index in [1.807, 2.05) is 82.3 Å². The molecule has 3 rings (SSSR count). The SMILES string of the molecule is Cc1ccc(S(=O)(=O)N[C@@H](c2ccccc2)c2ccccc2[S@@](=O)C(C)(C)C)cc1. The van der Waals surface area contributed by atoms with Crippen LogP contribution in [0.25, 0.3) is 0 Å². The lowest BCUT2D eigenvalue weighted by Gasteiger charge is -2.25. The molecule has 0 heterocycles. The van der Waals surface area contributed by atoms with Crippen LogP contribution in [0.4, 0.5) is 0 Å². The molecule has 1 N–H and O–H groups in total. The van der Waals surface area contributed by atoms with Gasteiger partial charge in [-0.05, 0) is 57.0 Å². The second kappa shape index (κ2) is 8.84. The first-order chi connectivity index (χ1) is 14.1. The molecule has 0 aromatic heterocycles. The summed E-state index contributed by atoms with van der Waals surface area (Å²) in [5, 5.41) is 0. The highest BCUT2D eigenvalue weighted by Crippen LogP contribution is 2.32. The molecule has 0 radical (unpaired) electrons. The molecule has 0 unspecified atom stereocenters. The van der Waals surface area contributed by atoms with Gasteiger partial charge in [-0.25, -0.2) is 8.42 Å². The van der Waals surface area contributed by atoms with Crippen LogP contribution >= 0.6 is 0 Å². The zero-order chi connectivity index (χ0) is 21.9. The molecule has 3 aromatic rings. The minimum atomic E-state index is -3.80. The average molecular weight is 442 g/mol. The Morgan fingerprint density at radius 1 is 0.833 bits per heavy atom. The summed E-state index contributed by atoms with van der Waals surface area (Å²) in [4.78, 5) is 0.828. The Kier molecular flexibility index (Phi) is 6.60. The number of nitrogens with one attached hydrogen (secondary N) is 1. The molecule has 158 valence electrons. The first-order valence-electron chi connectivity index (χ1n) is 9.74. The first kappa shape index (κ1) is 22.4. The van der Waals surface area contributed by atoms with Crippen LogP contribution in [-0.4, -0.2) is 17.4 Å². The maximum Gasteiger partial charge on any atom is 0.241 e. The molecule has 0 aliphatic rings. The summed E-state index contributed by atoms with van der Waals surface area (Å²) in [5.41, 5.74) is 2.46. The van der Waals surface area contributed by atoms with Crippen molar-refractivity contribution in [3.05, 3.63) is 95.6 Å². The normalized spacial score (nSPS) is 14.3. The summed E-state index contributed by atoms with van der Waals surface area (Å²) in [6, 6.07) is 22.8. The van der Waals surface area contributed by atoms with Crippen molar-refractivity contribution in [3.8, 4) is 0 Å². The molecule has 0 aliphatic carbocycles. The average Bonchev–Trinajstić information content (AvgIpc) is 2.72. The molecule has 4 nitrogen and oxygen atoms in total. The summed E-state index contributed by atoms with van der Waals surface area (Å²) in [6.07, 6.45) is 0. The third-order valence-corrected chi connectivity index (χ3v) is 8.05. The number of benzene rings is 3. The highest BCUT2D eigenvalue weighted by molar-refractivity contribution is 7.89. The summed E-state index contributed by atoms with van der Waals surface area (Å²) in [7, 11) is -5.12. The van der Waals surface area contributed by atoms with Gasteiger partial charge in [0.05, 0.1) is 21.7 Å². The second-order valence-electron chi connectivity index (χ2n) is 8.20. The van der Waals surface area contributed by atoms with Crippen LogP contribution in [0.5, 0.6) is 0 Å². The maximum absolute atomic E-state index is 13.2. The van der Waals surface area contributed by atoms with E-state index < -0.39 is 31.6 Å². The number of rotatable bonds is 6. The lowest BCUT2D eigenvalue weighted by molar-refractivity contribution is 0.570. The maximum atomic E-state index is 13.2. The van der Waals surface area contributed by atoms with Crippen molar-refractivity contribution in [2.24, 2.45) is 0 Å². The third kappa shape index (κ3) is 5.06. The van der Waals surface area contributed by atoms with Gasteiger partial charge in [0.25, 0.3) is 0 Å². The monoisotopic (exact) mass is 441 g/mol. The molecule has 6 heteroatoms. The second-order valence-corrected chi connectivity index (χ2v) is 12.1. The summed E-state index contributed by atoms with van der Waals surface area (Å²) in [6.45, 7) is 7.64. The Bertz CT molecular complexity index is 1130. The fourth-order valence-electron chi connectivity index (χ4n) is 3.11. The van der Waals surface area contributed by atoms with Crippen LogP contribution in [0.3, 0.4) is 0 Å². The van der Waals surface area contributed by atoms with E-state index in [1.54, 1.807) is 24.3 Å². The van der Waals surface area contributed by atoms with E-state index in [2.05, 4.69) is 4.72 Å². The Labute approximate surface area is 181 Å². The fraction of sp³-hybridized carbons (Fsp3) is 0.250. The van der Waals surface area contributed by atoms with Gasteiger partial charge in [-0.15, -0.1) is 0 Å². The number of hydrogen-bond donors (Lipinski definition) is 1. The van der Waals surface area contributed by atoms with Gasteiger partial charge in [0.15, 0.2) is 0 Å². The molecular formula is C24H27NO3S2. The van der Waals surface area contributed by atoms with Crippen LogP contribution in [0.1, 0.15) is 43.5 Å². The van der Waals surface area contributed by atoms with Gasteiger partial charge in [0.1, 0.15) is 0 Å². The molecule has 0 aliphatic heterocycles. The Morgan fingerprint density at radius 3 is 2.00 bits per heavy atom. The van der Waals surface area contributed by atoms with Gasteiger partial charge in [-0.1, -0.05) is 66.2 Å². The summed E-state index contributed by atoms with van der Waals surface area (Å²) >= 11 is 0. The molecule has 0 fully saturated rings. The van der Waals surface area contributed by atoms with Crippen LogP contribution in [0, 0.1) is 6.92 Å². The van der Waals surface area contributed by atoms with Gasteiger partial charge >= 0.3 is 0 Å². The van der Waals surface area contributed by atoms with E-state index in [-0.39, 0.29) is 4.90 Å². The molecule has 3 aromatic carbocycles. The van der Waals surface area contributed by atoms with E-state index >= 15 is 0 Å². The molecule has 30 heavy (non-hydrogen) atoms. The Balaban J connectivity index is 2.13. The van der Waals surface area contributed by atoms with Crippen molar-refractivity contribution in [2.45, 2.75) is 48.3 Å². The van der Waals surface area contributed by atoms with Gasteiger partial charge in [0.2, 0.25) is 10.0 Å². The van der Waals surface area contributed by atoms with E-state index in [9.17, 15) is 12.6 Å². The molecule has 0 bridgehead atoms. The molecule has 0 amide bonds. The minimum absolute atomic E-state index is 0.198. The zero-order valence-corrected chi connectivity index (χ0v) is 19.3. The molecule has 2 atom stereocenters. The van der Waals surface area contributed by atoms with E-state index in [0.717, 1.165) is 11.1 Å². The van der Waals surface area contributed by atoms with Crippen molar-refractivity contribution in [1.29, 1.82) is 0 Å². The molecular weight excluding hydrogens is 414 g/mol. The van der Waals surface area contributed by atoms with Crippen LogP contribution in [0.15, 0.2) is 88.7 Å². The van der Waals surface area contributed by atoms with Crippen LogP contribution in [-0.2, 0) is 20.8 Å². The highest BCUT2D eigenvalue weighted by Gasteiger charge is 2.29. The van der Waals surface area contributed by atoms with Crippen LogP contribution < -0.4 is 4.72 Å². The number of sulfonamides is 1. The Morgan fingerprint density at radius 2 is 1.40 bits per heavy atom. The van der Waals surface area contributed by atoms with Gasteiger partial charge < -0.3 is 0 Å². The number of hydrogen-bond acceptors (Lipinski definition) is 3. The van der Waals surface area contributed by atoms with Crippen molar-refractivity contribution in [2.75, 3.05) is 0 Å². The minimum Gasteiger partial charge on any atom is -0.254 e. The molecule has 0 spiro atoms. The van der Waals surface area contributed by atoms with Crippen LogP contribution in [0.2, 0.25) is 0 Å². The van der Waals surface area contributed by atoms with E-state index in [1.165, 1.54) is 0 Å². The van der Waals surface area contributed by atoms with E-state index in [4.69, 9.17) is 0 Å². The molecule has 0 saturated carbocycles. The van der Waals surface area contributed by atoms with Crippen molar-refractivity contribution in [1.82, 2.24) is 4.72 Å². The van der Waals surface area contributed by atoms with Gasteiger partial charge in [0, 0.05) is 9.64 Å². The third-order valence-electron chi connectivity index (χ3n) is 4.72. The number of aryl methyl sites for hydroxylation is 1. The standard InChI is InChI=1S/C24H27NO3S2/c1-18-14-16-20(17-15-18)30(27,28)25-23(19-10-6-5-7-11-19)21-12-8-9-13-22(21)29(26)24(2,3)4/h5-17,23,25H,1-4H3/t23-,29+/m0/s1. The van der Waals surface area contributed by atoms with Crippen molar-refractivity contribution >= 4 is 20.8 Å². The quantitative estimate of drug-likeness (QED) is 0.587. The lowest BCUT2D eigenvalue weighted by atomic mass is 10.00. The highest BCUT2D eigenvalue weighted by atomic mass is 32.2.